The molecular weight excluding hydrogens is 280 g/mol. The van der Waals surface area contributed by atoms with Crippen LogP contribution in [0.25, 0.3) is 0 Å². The number of nitrogens with zero attached hydrogens (tertiary/aromatic N) is 3. The summed E-state index contributed by atoms with van der Waals surface area (Å²) < 4.78 is 5.16. The van der Waals surface area contributed by atoms with E-state index in [9.17, 15) is 4.79 Å². The second kappa shape index (κ2) is 6.74. The van der Waals surface area contributed by atoms with Crippen LogP contribution in [0.4, 0.5) is 5.82 Å². The molecule has 1 aliphatic rings. The fourth-order valence-electron chi connectivity index (χ4n) is 2.29. The number of carbonyl (C=O) groups excluding carboxylic acids is 1. The Morgan fingerprint density at radius 3 is 2.75 bits per heavy atom. The lowest BCUT2D eigenvalue weighted by Crippen LogP contribution is -2.44. The number of halogens is 1. The van der Waals surface area contributed by atoms with Crippen LogP contribution in [-0.4, -0.2) is 47.0 Å². The molecule has 0 aliphatic carbocycles. The van der Waals surface area contributed by atoms with Gasteiger partial charge in [-0.2, -0.15) is 0 Å². The van der Waals surface area contributed by atoms with E-state index < -0.39 is 0 Å². The first kappa shape index (κ1) is 14.8. The standard InChI is InChI=1S/C13H19ClN4O2/c1-9(13(19)18-6-4-3-5-7-18)17-12-10(20-2)11(14)15-8-16-12/h8-9H,3-7H2,1-2H3,(H,15,16,17). The van der Waals surface area contributed by atoms with Crippen molar-refractivity contribution in [2.24, 2.45) is 0 Å². The van der Waals surface area contributed by atoms with Gasteiger partial charge < -0.3 is 15.0 Å². The van der Waals surface area contributed by atoms with E-state index in [-0.39, 0.29) is 17.1 Å². The van der Waals surface area contributed by atoms with Gasteiger partial charge in [0.05, 0.1) is 7.11 Å². The SMILES string of the molecule is COc1c(Cl)ncnc1NC(C)C(=O)N1CCCCC1. The molecule has 0 saturated carbocycles. The Labute approximate surface area is 123 Å². The van der Waals surface area contributed by atoms with Gasteiger partial charge in [0.2, 0.25) is 5.91 Å². The minimum absolute atomic E-state index is 0.0708. The van der Waals surface area contributed by atoms with E-state index in [0.29, 0.717) is 11.6 Å². The van der Waals surface area contributed by atoms with Crippen molar-refractivity contribution in [2.75, 3.05) is 25.5 Å². The van der Waals surface area contributed by atoms with E-state index in [0.717, 1.165) is 25.9 Å². The number of methoxy groups -OCH3 is 1. The molecule has 1 aliphatic heterocycles. The van der Waals surface area contributed by atoms with Crippen LogP contribution in [0.5, 0.6) is 5.75 Å². The quantitative estimate of drug-likeness (QED) is 0.861. The number of hydrogen-bond acceptors (Lipinski definition) is 5. The van der Waals surface area contributed by atoms with Crippen molar-refractivity contribution in [1.29, 1.82) is 0 Å². The third kappa shape index (κ3) is 3.30. The minimum atomic E-state index is -0.382. The van der Waals surface area contributed by atoms with Crippen LogP contribution in [0.1, 0.15) is 26.2 Å². The maximum atomic E-state index is 12.3. The molecular formula is C13H19ClN4O2. The molecule has 20 heavy (non-hydrogen) atoms. The van der Waals surface area contributed by atoms with Crippen LogP contribution in [0.2, 0.25) is 5.15 Å². The number of hydrogen-bond donors (Lipinski definition) is 1. The first-order valence-electron chi connectivity index (χ1n) is 6.73. The van der Waals surface area contributed by atoms with E-state index in [1.807, 2.05) is 11.8 Å². The van der Waals surface area contributed by atoms with Gasteiger partial charge in [-0.1, -0.05) is 11.6 Å². The van der Waals surface area contributed by atoms with Crippen molar-refractivity contribution in [3.63, 3.8) is 0 Å². The van der Waals surface area contributed by atoms with Crippen molar-refractivity contribution < 1.29 is 9.53 Å². The molecule has 0 radical (unpaired) electrons. The third-order valence-electron chi connectivity index (χ3n) is 3.36. The van der Waals surface area contributed by atoms with E-state index in [1.165, 1.54) is 19.9 Å². The predicted molar refractivity (Wildman–Crippen MR) is 77.1 cm³/mol. The molecule has 1 N–H and O–H groups in total. The molecule has 1 amide bonds. The van der Waals surface area contributed by atoms with Crippen molar-refractivity contribution in [3.8, 4) is 5.75 Å². The van der Waals surface area contributed by atoms with Crippen LogP contribution in [-0.2, 0) is 4.79 Å². The molecule has 7 heteroatoms. The van der Waals surface area contributed by atoms with Crippen molar-refractivity contribution in [1.82, 2.24) is 14.9 Å². The second-order valence-corrected chi connectivity index (χ2v) is 5.16. The molecule has 2 rings (SSSR count). The first-order chi connectivity index (χ1) is 9.63. The Morgan fingerprint density at radius 1 is 1.40 bits per heavy atom. The van der Waals surface area contributed by atoms with E-state index in [1.54, 1.807) is 0 Å². The summed E-state index contributed by atoms with van der Waals surface area (Å²) in [6, 6.07) is -0.382. The van der Waals surface area contributed by atoms with Crippen LogP contribution in [0, 0.1) is 0 Å². The molecule has 0 aromatic carbocycles. The number of piperidine rings is 1. The highest BCUT2D eigenvalue weighted by atomic mass is 35.5. The van der Waals surface area contributed by atoms with E-state index >= 15 is 0 Å². The van der Waals surface area contributed by atoms with Gasteiger partial charge in [0.1, 0.15) is 12.4 Å². The van der Waals surface area contributed by atoms with Crippen LogP contribution in [0.15, 0.2) is 6.33 Å². The Hall–Kier alpha value is -1.56. The second-order valence-electron chi connectivity index (χ2n) is 4.80. The summed E-state index contributed by atoms with van der Waals surface area (Å²) in [6.45, 7) is 3.46. The van der Waals surface area contributed by atoms with Gasteiger partial charge in [-0.05, 0) is 26.2 Å². The predicted octanol–water partition coefficient (Wildman–Crippen LogP) is 1.95. The maximum absolute atomic E-state index is 12.3. The minimum Gasteiger partial charge on any atom is -0.490 e. The average Bonchev–Trinajstić information content (AvgIpc) is 2.47. The van der Waals surface area contributed by atoms with Gasteiger partial charge in [-0.25, -0.2) is 9.97 Å². The molecule has 1 aromatic rings. The summed E-state index contributed by atoms with van der Waals surface area (Å²) in [4.78, 5) is 22.1. The lowest BCUT2D eigenvalue weighted by Gasteiger charge is -2.29. The topological polar surface area (TPSA) is 67.4 Å². The summed E-state index contributed by atoms with van der Waals surface area (Å²) >= 11 is 5.93. The molecule has 6 nitrogen and oxygen atoms in total. The molecule has 2 heterocycles. The van der Waals surface area contributed by atoms with Crippen molar-refractivity contribution in [3.05, 3.63) is 11.5 Å². The average molecular weight is 299 g/mol. The van der Waals surface area contributed by atoms with Gasteiger partial charge in [0, 0.05) is 13.1 Å². The molecule has 110 valence electrons. The number of likely N-dealkylation sites (tertiary alicyclic amines) is 1. The fourth-order valence-corrected chi connectivity index (χ4v) is 2.50. The van der Waals surface area contributed by atoms with Crippen molar-refractivity contribution >= 4 is 23.3 Å². The number of rotatable bonds is 4. The van der Waals surface area contributed by atoms with E-state index in [2.05, 4.69) is 15.3 Å². The van der Waals surface area contributed by atoms with Crippen LogP contribution >= 0.6 is 11.6 Å². The van der Waals surface area contributed by atoms with Crippen LogP contribution in [0.3, 0.4) is 0 Å². The summed E-state index contributed by atoms with van der Waals surface area (Å²) in [6.07, 6.45) is 4.68. The number of anilines is 1. The summed E-state index contributed by atoms with van der Waals surface area (Å²) in [5.74, 6) is 0.860. The molecule has 1 unspecified atom stereocenters. The largest absolute Gasteiger partial charge is 0.490 e. The monoisotopic (exact) mass is 298 g/mol. The molecule has 1 saturated heterocycles. The van der Waals surface area contributed by atoms with E-state index in [4.69, 9.17) is 16.3 Å². The molecule has 0 spiro atoms. The fraction of sp³-hybridized carbons (Fsp3) is 0.615. The highest BCUT2D eigenvalue weighted by Crippen LogP contribution is 2.28. The lowest BCUT2D eigenvalue weighted by molar-refractivity contribution is -0.132. The summed E-state index contributed by atoms with van der Waals surface area (Å²) in [7, 11) is 1.49. The van der Waals surface area contributed by atoms with Gasteiger partial charge >= 0.3 is 0 Å². The van der Waals surface area contributed by atoms with Gasteiger partial charge in [0.15, 0.2) is 16.7 Å². The van der Waals surface area contributed by atoms with Crippen molar-refractivity contribution in [2.45, 2.75) is 32.2 Å². The Morgan fingerprint density at radius 2 is 2.10 bits per heavy atom. The summed E-state index contributed by atoms with van der Waals surface area (Å²) in [5.41, 5.74) is 0. The Kier molecular flexibility index (Phi) is 5.00. The number of nitrogens with one attached hydrogen (secondary N) is 1. The van der Waals surface area contributed by atoms with Gasteiger partial charge in [-0.15, -0.1) is 0 Å². The van der Waals surface area contributed by atoms with Gasteiger partial charge in [-0.3, -0.25) is 4.79 Å². The third-order valence-corrected chi connectivity index (χ3v) is 3.63. The highest BCUT2D eigenvalue weighted by molar-refractivity contribution is 6.31. The molecule has 0 bridgehead atoms. The van der Waals surface area contributed by atoms with Gasteiger partial charge in [0.25, 0.3) is 0 Å². The Balaban J connectivity index is 2.05. The zero-order valence-corrected chi connectivity index (χ0v) is 12.5. The number of aromatic nitrogens is 2. The number of ether oxygens (including phenoxy) is 1. The molecule has 1 atom stereocenters. The first-order valence-corrected chi connectivity index (χ1v) is 7.11. The zero-order chi connectivity index (χ0) is 14.5. The number of carbonyl (C=O) groups is 1. The lowest BCUT2D eigenvalue weighted by atomic mass is 10.1. The molecule has 1 aromatic heterocycles. The smallest absolute Gasteiger partial charge is 0.244 e. The van der Waals surface area contributed by atoms with Crippen LogP contribution < -0.4 is 10.1 Å². The zero-order valence-electron chi connectivity index (χ0n) is 11.7. The Bertz CT molecular complexity index is 477. The highest BCUT2D eigenvalue weighted by Gasteiger charge is 2.23. The number of amides is 1. The molecule has 1 fully saturated rings. The maximum Gasteiger partial charge on any atom is 0.244 e. The summed E-state index contributed by atoms with van der Waals surface area (Å²) in [5, 5.41) is 3.27. The normalized spacial score (nSPS) is 16.6.